The highest BCUT2D eigenvalue weighted by Gasteiger charge is 2.04. The van der Waals surface area contributed by atoms with E-state index in [1.165, 1.54) is 6.26 Å². The molecule has 0 aromatic heterocycles. The van der Waals surface area contributed by atoms with Gasteiger partial charge in [0.05, 0.1) is 5.75 Å². The highest BCUT2D eigenvalue weighted by molar-refractivity contribution is 7.90. The average molecular weight is 304 g/mol. The van der Waals surface area contributed by atoms with Gasteiger partial charge in [0.1, 0.15) is 9.84 Å². The molecule has 0 heterocycles. The van der Waals surface area contributed by atoms with Crippen molar-refractivity contribution in [2.75, 3.05) is 25.6 Å². The van der Waals surface area contributed by atoms with Crippen LogP contribution in [0.2, 0.25) is 5.02 Å². The van der Waals surface area contributed by atoms with Crippen molar-refractivity contribution in [1.29, 1.82) is 0 Å². The van der Waals surface area contributed by atoms with Crippen molar-refractivity contribution >= 4 is 27.4 Å². The van der Waals surface area contributed by atoms with E-state index >= 15 is 0 Å². The van der Waals surface area contributed by atoms with Gasteiger partial charge < -0.3 is 10.6 Å². The molecule has 1 aromatic rings. The Bertz CT molecular complexity index is 544. The highest BCUT2D eigenvalue weighted by Crippen LogP contribution is 2.13. The minimum Gasteiger partial charge on any atom is -0.355 e. The van der Waals surface area contributed by atoms with Crippen molar-refractivity contribution in [1.82, 2.24) is 10.6 Å². The summed E-state index contributed by atoms with van der Waals surface area (Å²) in [6.07, 6.45) is 1.20. The predicted octanol–water partition coefficient (Wildman–Crippen LogP) is 1.05. The Morgan fingerprint density at radius 2 is 2.00 bits per heavy atom. The number of hydrogen-bond donors (Lipinski definition) is 2. The van der Waals surface area contributed by atoms with Crippen LogP contribution in [0.15, 0.2) is 29.3 Å². The van der Waals surface area contributed by atoms with Crippen LogP contribution < -0.4 is 10.6 Å². The van der Waals surface area contributed by atoms with Gasteiger partial charge in [-0.3, -0.25) is 4.99 Å². The maximum atomic E-state index is 11.0. The number of halogens is 1. The van der Waals surface area contributed by atoms with Crippen LogP contribution in [0, 0.1) is 0 Å². The van der Waals surface area contributed by atoms with Crippen molar-refractivity contribution < 1.29 is 8.42 Å². The SMILES string of the molecule is CN=C(NCCS(C)(=O)=O)NCc1ccccc1Cl. The lowest BCUT2D eigenvalue weighted by Crippen LogP contribution is -2.39. The molecule has 7 heteroatoms. The Morgan fingerprint density at radius 1 is 1.32 bits per heavy atom. The fourth-order valence-corrected chi connectivity index (χ4v) is 2.07. The fraction of sp³-hybridized carbons (Fsp3) is 0.417. The first-order valence-corrected chi connectivity index (χ1v) is 8.22. The van der Waals surface area contributed by atoms with Gasteiger partial charge in [0.15, 0.2) is 5.96 Å². The molecule has 0 atom stereocenters. The summed E-state index contributed by atoms with van der Waals surface area (Å²) in [5, 5.41) is 6.69. The van der Waals surface area contributed by atoms with E-state index in [9.17, 15) is 8.42 Å². The second kappa shape index (κ2) is 7.35. The smallest absolute Gasteiger partial charge is 0.191 e. The molecule has 19 heavy (non-hydrogen) atoms. The molecule has 2 N–H and O–H groups in total. The zero-order valence-corrected chi connectivity index (χ0v) is 12.6. The summed E-state index contributed by atoms with van der Waals surface area (Å²) in [5.74, 6) is 0.614. The average Bonchev–Trinajstić information content (AvgIpc) is 2.34. The lowest BCUT2D eigenvalue weighted by molar-refractivity contribution is 0.600. The molecule has 0 aliphatic heterocycles. The first kappa shape index (κ1) is 15.8. The normalized spacial score (nSPS) is 12.3. The molecule has 0 radical (unpaired) electrons. The van der Waals surface area contributed by atoms with Crippen molar-refractivity contribution in [2.45, 2.75) is 6.54 Å². The van der Waals surface area contributed by atoms with E-state index in [4.69, 9.17) is 11.6 Å². The topological polar surface area (TPSA) is 70.6 Å². The largest absolute Gasteiger partial charge is 0.355 e. The molecule has 0 saturated heterocycles. The van der Waals surface area contributed by atoms with E-state index < -0.39 is 9.84 Å². The van der Waals surface area contributed by atoms with Gasteiger partial charge in [0.2, 0.25) is 0 Å². The standard InChI is InChI=1S/C12H18ClN3O2S/c1-14-12(15-7-8-19(2,17)18)16-9-10-5-3-4-6-11(10)13/h3-6H,7-9H2,1-2H3,(H2,14,15,16). The molecule has 0 aliphatic rings. The Morgan fingerprint density at radius 3 is 2.58 bits per heavy atom. The molecule has 0 bridgehead atoms. The summed E-state index contributed by atoms with van der Waals surface area (Å²) < 4.78 is 22.0. The highest BCUT2D eigenvalue weighted by atomic mass is 35.5. The number of rotatable bonds is 5. The fourth-order valence-electron chi connectivity index (χ4n) is 1.40. The monoisotopic (exact) mass is 303 g/mol. The quantitative estimate of drug-likeness (QED) is 0.630. The summed E-state index contributed by atoms with van der Waals surface area (Å²) in [6.45, 7) is 0.846. The van der Waals surface area contributed by atoms with Crippen LogP contribution in [-0.2, 0) is 16.4 Å². The number of sulfone groups is 1. The third-order valence-electron chi connectivity index (χ3n) is 2.39. The molecule has 106 valence electrons. The Balaban J connectivity index is 2.44. The van der Waals surface area contributed by atoms with Gasteiger partial charge in [0.25, 0.3) is 0 Å². The molecule has 0 fully saturated rings. The maximum absolute atomic E-state index is 11.0. The summed E-state index contributed by atoms with van der Waals surface area (Å²) in [4.78, 5) is 4.01. The van der Waals surface area contributed by atoms with E-state index in [2.05, 4.69) is 15.6 Å². The summed E-state index contributed by atoms with van der Waals surface area (Å²) in [7, 11) is -1.34. The number of hydrogen-bond acceptors (Lipinski definition) is 3. The van der Waals surface area contributed by atoms with E-state index in [1.54, 1.807) is 7.05 Å². The molecule has 1 rings (SSSR count). The molecular weight excluding hydrogens is 286 g/mol. The third kappa shape index (κ3) is 6.45. The summed E-state index contributed by atoms with van der Waals surface area (Å²) >= 11 is 6.04. The Kier molecular flexibility index (Phi) is 6.11. The second-order valence-corrected chi connectivity index (χ2v) is 6.74. The zero-order chi connectivity index (χ0) is 14.3. The number of guanidine groups is 1. The van der Waals surface area contributed by atoms with Gasteiger partial charge in [-0.1, -0.05) is 29.8 Å². The second-order valence-electron chi connectivity index (χ2n) is 4.07. The molecule has 0 amide bonds. The summed E-state index contributed by atoms with van der Waals surface area (Å²) in [6, 6.07) is 7.51. The van der Waals surface area contributed by atoms with Gasteiger partial charge in [0, 0.05) is 31.4 Å². The Labute approximate surface area is 119 Å². The molecule has 0 aliphatic carbocycles. The van der Waals surface area contributed by atoms with E-state index in [-0.39, 0.29) is 5.75 Å². The van der Waals surface area contributed by atoms with E-state index in [1.807, 2.05) is 24.3 Å². The third-order valence-corrected chi connectivity index (χ3v) is 3.71. The zero-order valence-electron chi connectivity index (χ0n) is 11.0. The van der Waals surface area contributed by atoms with Crippen LogP contribution in [0.3, 0.4) is 0 Å². The van der Waals surface area contributed by atoms with Crippen LogP contribution in [0.25, 0.3) is 0 Å². The molecule has 0 spiro atoms. The predicted molar refractivity (Wildman–Crippen MR) is 79.4 cm³/mol. The van der Waals surface area contributed by atoms with Crippen molar-refractivity contribution in [3.8, 4) is 0 Å². The maximum Gasteiger partial charge on any atom is 0.191 e. The van der Waals surface area contributed by atoms with Crippen molar-refractivity contribution in [3.63, 3.8) is 0 Å². The first-order chi connectivity index (χ1) is 8.92. The molecule has 5 nitrogen and oxygen atoms in total. The van der Waals surface area contributed by atoms with Crippen LogP contribution >= 0.6 is 11.6 Å². The van der Waals surface area contributed by atoms with Crippen LogP contribution in [0.5, 0.6) is 0 Å². The number of benzene rings is 1. The number of nitrogens with zero attached hydrogens (tertiary/aromatic N) is 1. The van der Waals surface area contributed by atoms with Crippen LogP contribution in [0.4, 0.5) is 0 Å². The van der Waals surface area contributed by atoms with Gasteiger partial charge in [-0.25, -0.2) is 8.42 Å². The number of nitrogens with one attached hydrogen (secondary N) is 2. The van der Waals surface area contributed by atoms with Crippen LogP contribution in [0.1, 0.15) is 5.56 Å². The molecule has 0 saturated carbocycles. The molecule has 1 aromatic carbocycles. The van der Waals surface area contributed by atoms with Crippen molar-refractivity contribution in [3.05, 3.63) is 34.9 Å². The molecular formula is C12H18ClN3O2S. The minimum absolute atomic E-state index is 0.0692. The number of aliphatic imine (C=N–C) groups is 1. The van der Waals surface area contributed by atoms with Gasteiger partial charge >= 0.3 is 0 Å². The molecule has 0 unspecified atom stereocenters. The Hall–Kier alpha value is -1.27. The van der Waals surface area contributed by atoms with Gasteiger partial charge in [-0.05, 0) is 11.6 Å². The lowest BCUT2D eigenvalue weighted by Gasteiger charge is -2.12. The van der Waals surface area contributed by atoms with E-state index in [0.29, 0.717) is 24.1 Å². The van der Waals surface area contributed by atoms with Crippen LogP contribution in [-0.4, -0.2) is 40.0 Å². The lowest BCUT2D eigenvalue weighted by atomic mass is 10.2. The van der Waals surface area contributed by atoms with Gasteiger partial charge in [-0.2, -0.15) is 0 Å². The minimum atomic E-state index is -2.97. The van der Waals surface area contributed by atoms with Gasteiger partial charge in [-0.15, -0.1) is 0 Å². The summed E-state index contributed by atoms with van der Waals surface area (Å²) in [5.41, 5.74) is 0.954. The first-order valence-electron chi connectivity index (χ1n) is 5.78. The van der Waals surface area contributed by atoms with E-state index in [0.717, 1.165) is 5.56 Å². The van der Waals surface area contributed by atoms with Crippen molar-refractivity contribution in [2.24, 2.45) is 4.99 Å².